The highest BCUT2D eigenvalue weighted by atomic mass is 35.5. The number of hydrogen-bond acceptors (Lipinski definition) is 3. The fourth-order valence-corrected chi connectivity index (χ4v) is 3.37. The van der Waals surface area contributed by atoms with Crippen molar-refractivity contribution in [1.29, 1.82) is 0 Å². The molecule has 1 N–H and O–H groups in total. The maximum absolute atomic E-state index is 8.74. The van der Waals surface area contributed by atoms with E-state index in [1.54, 1.807) is 7.11 Å². The summed E-state index contributed by atoms with van der Waals surface area (Å²) in [5.74, 6) is 0.780. The summed E-state index contributed by atoms with van der Waals surface area (Å²) in [5.41, 5.74) is 1.97. The first-order valence-electron chi connectivity index (χ1n) is 9.49. The van der Waals surface area contributed by atoms with Crippen molar-refractivity contribution in [2.24, 2.45) is 0 Å². The van der Waals surface area contributed by atoms with E-state index in [0.29, 0.717) is 11.6 Å². The number of hydrogen-bond donors (Lipinski definition) is 1. The van der Waals surface area contributed by atoms with Crippen molar-refractivity contribution >= 4 is 22.5 Å². The van der Waals surface area contributed by atoms with E-state index in [1.807, 2.05) is 12.1 Å². The summed E-state index contributed by atoms with van der Waals surface area (Å²) < 4.78 is 5.41. The quantitative estimate of drug-likeness (QED) is 0.474. The number of methoxy groups -OCH3 is 1. The van der Waals surface area contributed by atoms with Gasteiger partial charge in [-0.15, -0.1) is 0 Å². The average molecular weight is 364 g/mol. The Morgan fingerprint density at radius 2 is 1.52 bits per heavy atom. The molecule has 1 aromatic carbocycles. The molecule has 25 heavy (non-hydrogen) atoms. The highest BCUT2D eigenvalue weighted by Crippen LogP contribution is 2.30. The van der Waals surface area contributed by atoms with Crippen LogP contribution < -0.4 is 4.74 Å². The van der Waals surface area contributed by atoms with Crippen molar-refractivity contribution in [3.63, 3.8) is 0 Å². The van der Waals surface area contributed by atoms with E-state index >= 15 is 0 Å². The van der Waals surface area contributed by atoms with Crippen LogP contribution in [0.1, 0.15) is 63.5 Å². The maximum Gasteiger partial charge on any atom is 0.145 e. The van der Waals surface area contributed by atoms with Gasteiger partial charge in [-0.1, -0.05) is 56.5 Å². The van der Waals surface area contributed by atoms with Gasteiger partial charge in [-0.25, -0.2) is 4.98 Å². The second-order valence-electron chi connectivity index (χ2n) is 6.60. The third-order valence-electron chi connectivity index (χ3n) is 4.64. The summed E-state index contributed by atoms with van der Waals surface area (Å²) in [7, 11) is 1.67. The molecule has 0 spiro atoms. The number of unbranched alkanes of at least 4 members (excludes halogenated alkanes) is 8. The number of aryl methyl sites for hydroxylation is 1. The molecule has 0 fully saturated rings. The summed E-state index contributed by atoms with van der Waals surface area (Å²) in [6, 6.07) is 7.86. The molecule has 0 aliphatic heterocycles. The highest BCUT2D eigenvalue weighted by molar-refractivity contribution is 6.35. The van der Waals surface area contributed by atoms with Gasteiger partial charge in [0.05, 0.1) is 12.1 Å². The summed E-state index contributed by atoms with van der Waals surface area (Å²) in [4.78, 5) is 4.75. The van der Waals surface area contributed by atoms with Gasteiger partial charge in [0.15, 0.2) is 0 Å². The predicted octanol–water partition coefficient (Wildman–Crippen LogP) is 5.94. The Hall–Kier alpha value is -1.32. The zero-order valence-corrected chi connectivity index (χ0v) is 16.0. The number of pyridine rings is 1. The van der Waals surface area contributed by atoms with Gasteiger partial charge >= 0.3 is 0 Å². The molecule has 1 heterocycles. The van der Waals surface area contributed by atoms with Crippen LogP contribution in [-0.4, -0.2) is 23.8 Å². The van der Waals surface area contributed by atoms with E-state index < -0.39 is 0 Å². The van der Waals surface area contributed by atoms with Crippen LogP contribution in [0.4, 0.5) is 0 Å². The summed E-state index contributed by atoms with van der Waals surface area (Å²) in [6.07, 6.45) is 12.0. The fourth-order valence-electron chi connectivity index (χ4n) is 3.16. The molecule has 0 amide bonds. The lowest BCUT2D eigenvalue weighted by Crippen LogP contribution is -1.94. The molecule has 0 radical (unpaired) electrons. The molecular formula is C21H30ClNO2. The number of halogens is 1. The lowest BCUT2D eigenvalue weighted by Gasteiger charge is -2.08. The van der Waals surface area contributed by atoms with Crippen molar-refractivity contribution < 1.29 is 9.84 Å². The van der Waals surface area contributed by atoms with E-state index in [-0.39, 0.29) is 0 Å². The molecule has 0 bridgehead atoms. The van der Waals surface area contributed by atoms with Gasteiger partial charge in [0, 0.05) is 17.7 Å². The van der Waals surface area contributed by atoms with Crippen molar-refractivity contribution in [2.45, 2.75) is 64.2 Å². The molecule has 0 unspecified atom stereocenters. The molecule has 4 heteroatoms. The maximum atomic E-state index is 8.74. The topological polar surface area (TPSA) is 42.4 Å². The van der Waals surface area contributed by atoms with E-state index in [9.17, 15) is 0 Å². The molecule has 138 valence electrons. The van der Waals surface area contributed by atoms with Crippen molar-refractivity contribution in [3.05, 3.63) is 35.0 Å². The first-order chi connectivity index (χ1) is 12.3. The normalized spacial score (nSPS) is 11.2. The number of aromatic nitrogens is 1. The summed E-state index contributed by atoms with van der Waals surface area (Å²) in [6.45, 7) is 0.334. The smallest absolute Gasteiger partial charge is 0.145 e. The largest absolute Gasteiger partial charge is 0.494 e. The van der Waals surface area contributed by atoms with Gasteiger partial charge < -0.3 is 9.84 Å². The predicted molar refractivity (Wildman–Crippen MR) is 106 cm³/mol. The monoisotopic (exact) mass is 363 g/mol. The van der Waals surface area contributed by atoms with Crippen LogP contribution in [0.25, 0.3) is 10.9 Å². The van der Waals surface area contributed by atoms with Crippen LogP contribution in [-0.2, 0) is 6.42 Å². The first kappa shape index (κ1) is 20.0. The Balaban J connectivity index is 1.71. The zero-order valence-electron chi connectivity index (χ0n) is 15.3. The molecule has 2 rings (SSSR count). The summed E-state index contributed by atoms with van der Waals surface area (Å²) in [5, 5.41) is 10.4. The second kappa shape index (κ2) is 11.3. The van der Waals surface area contributed by atoms with Gasteiger partial charge in [-0.05, 0) is 43.5 Å². The highest BCUT2D eigenvalue weighted by Gasteiger charge is 2.08. The van der Waals surface area contributed by atoms with E-state index in [2.05, 4.69) is 12.1 Å². The van der Waals surface area contributed by atoms with E-state index in [0.717, 1.165) is 41.6 Å². The molecule has 0 atom stereocenters. The molecule has 2 aromatic rings. The second-order valence-corrected chi connectivity index (χ2v) is 7.01. The number of rotatable bonds is 12. The molecular weight excluding hydrogens is 334 g/mol. The Morgan fingerprint density at radius 3 is 2.16 bits per heavy atom. The number of aliphatic hydroxyl groups is 1. The minimum atomic E-state index is 0.334. The Kier molecular flexibility index (Phi) is 9.06. The van der Waals surface area contributed by atoms with Crippen LogP contribution >= 0.6 is 11.6 Å². The van der Waals surface area contributed by atoms with Gasteiger partial charge in [0.2, 0.25) is 0 Å². The van der Waals surface area contributed by atoms with Crippen molar-refractivity contribution in [1.82, 2.24) is 4.98 Å². The average Bonchev–Trinajstić information content (AvgIpc) is 2.63. The van der Waals surface area contributed by atoms with Gasteiger partial charge in [-0.2, -0.15) is 0 Å². The van der Waals surface area contributed by atoms with Gasteiger partial charge in [-0.3, -0.25) is 0 Å². The number of nitrogens with zero attached hydrogens (tertiary/aromatic N) is 1. The lowest BCUT2D eigenvalue weighted by molar-refractivity contribution is 0.282. The molecule has 3 nitrogen and oxygen atoms in total. The lowest BCUT2D eigenvalue weighted by atomic mass is 10.1. The minimum absolute atomic E-state index is 0.334. The zero-order chi connectivity index (χ0) is 17.9. The minimum Gasteiger partial charge on any atom is -0.494 e. The standard InChI is InChI=1S/C21H30ClNO2/c1-25-20-15-14-19(22)18-13-12-17(23-21(18)20)11-9-7-5-3-2-4-6-8-10-16-24/h12-15,24H,2-11,16H2,1H3. The van der Waals surface area contributed by atoms with Crippen LogP contribution in [0.3, 0.4) is 0 Å². The molecule has 1 aromatic heterocycles. The molecule has 0 aliphatic rings. The number of benzene rings is 1. The van der Waals surface area contributed by atoms with Crippen LogP contribution in [0.2, 0.25) is 5.02 Å². The number of fused-ring (bicyclic) bond motifs is 1. The first-order valence-corrected chi connectivity index (χ1v) is 9.87. The SMILES string of the molecule is COc1ccc(Cl)c2ccc(CCCCCCCCCCCO)nc12. The van der Waals surface area contributed by atoms with Gasteiger partial charge in [0.1, 0.15) is 11.3 Å². The van der Waals surface area contributed by atoms with E-state index in [1.165, 1.54) is 44.9 Å². The Bertz CT molecular complexity index is 645. The molecule has 0 saturated heterocycles. The van der Waals surface area contributed by atoms with E-state index in [4.69, 9.17) is 26.4 Å². The Labute approximate surface area is 156 Å². The molecule has 0 saturated carbocycles. The number of ether oxygens (including phenoxy) is 1. The van der Waals surface area contributed by atoms with Crippen LogP contribution in [0.5, 0.6) is 5.75 Å². The summed E-state index contributed by atoms with van der Waals surface area (Å²) >= 11 is 6.25. The Morgan fingerprint density at radius 1 is 0.880 bits per heavy atom. The number of aliphatic hydroxyl groups excluding tert-OH is 1. The van der Waals surface area contributed by atoms with Gasteiger partial charge in [0.25, 0.3) is 0 Å². The van der Waals surface area contributed by atoms with Crippen molar-refractivity contribution in [2.75, 3.05) is 13.7 Å². The fraction of sp³-hybridized carbons (Fsp3) is 0.571. The third-order valence-corrected chi connectivity index (χ3v) is 4.97. The van der Waals surface area contributed by atoms with Crippen LogP contribution in [0, 0.1) is 0 Å². The van der Waals surface area contributed by atoms with Crippen molar-refractivity contribution in [3.8, 4) is 5.75 Å². The molecule has 0 aliphatic carbocycles. The van der Waals surface area contributed by atoms with Crippen LogP contribution in [0.15, 0.2) is 24.3 Å². The third kappa shape index (κ3) is 6.48.